The van der Waals surface area contributed by atoms with Gasteiger partial charge in [0.15, 0.2) is 5.78 Å². The summed E-state index contributed by atoms with van der Waals surface area (Å²) in [6.07, 6.45) is -2.21. The molecule has 4 rings (SSSR count). The van der Waals surface area contributed by atoms with Gasteiger partial charge in [-0.15, -0.1) is 0 Å². The average molecular weight is 300 g/mol. The topological polar surface area (TPSA) is 39.8 Å². The smallest absolute Gasteiger partial charge is 0.170 e. The molecule has 0 bridgehead atoms. The Morgan fingerprint density at radius 2 is 2.32 bits per heavy atom. The van der Waals surface area contributed by atoms with Gasteiger partial charge in [0.2, 0.25) is 0 Å². The molecule has 1 aliphatic rings. The third-order valence-corrected chi connectivity index (χ3v) is 4.11. The first-order valence-electron chi connectivity index (χ1n) is 10.6. The first-order valence-corrected chi connectivity index (χ1v) is 7.05. The van der Waals surface area contributed by atoms with Gasteiger partial charge in [-0.2, -0.15) is 0 Å². The van der Waals surface area contributed by atoms with Crippen LogP contribution in [0.4, 0.5) is 0 Å². The van der Waals surface area contributed by atoms with Crippen molar-refractivity contribution in [3.63, 3.8) is 0 Å². The molecule has 4 heteroatoms. The summed E-state index contributed by atoms with van der Waals surface area (Å²) in [6, 6.07) is 6.34. The van der Waals surface area contributed by atoms with Crippen LogP contribution < -0.4 is 0 Å². The molecule has 0 aliphatic heterocycles. The molecule has 4 nitrogen and oxygen atoms in total. The summed E-state index contributed by atoms with van der Waals surface area (Å²) in [7, 11) is 0. The van der Waals surface area contributed by atoms with Crippen LogP contribution in [0.3, 0.4) is 0 Å². The van der Waals surface area contributed by atoms with Crippen molar-refractivity contribution in [2.45, 2.75) is 26.2 Å². The lowest BCUT2D eigenvalue weighted by Gasteiger charge is -2.23. The molecule has 0 radical (unpaired) electrons. The zero-order valence-corrected chi connectivity index (χ0v) is 12.0. The van der Waals surface area contributed by atoms with Crippen LogP contribution in [0.5, 0.6) is 0 Å². The van der Waals surface area contributed by atoms with Crippen LogP contribution >= 0.6 is 0 Å². The molecule has 0 saturated heterocycles. The summed E-state index contributed by atoms with van der Waals surface area (Å²) < 4.78 is 60.4. The van der Waals surface area contributed by atoms with Gasteiger partial charge < -0.3 is 9.13 Å². The SMILES string of the molecule is [2H]C([2H])([2H])n1c2c(c3ccccc31)C(=O)C(Cn1ccnc1C)C([2H])([2H])C2([2H])[2H]. The van der Waals surface area contributed by atoms with E-state index in [-0.39, 0.29) is 17.6 Å². The second kappa shape index (κ2) is 4.83. The standard InChI is InChI=1S/C18H19N3O/c1-12-19-9-10-21(12)11-13-7-8-16-17(18(13)22)14-5-3-4-6-15(14)20(16)2/h3-6,9-10,13H,7-8,11H2,1-2H3/i2D3,7D2,8D2. The number of carbonyl (C=O) groups excluding carboxylic acids is 1. The fourth-order valence-corrected chi connectivity index (χ4v) is 2.92. The van der Waals surface area contributed by atoms with Crippen LogP contribution in [0, 0.1) is 12.8 Å². The monoisotopic (exact) mass is 300 g/mol. The van der Waals surface area contributed by atoms with Crippen molar-refractivity contribution < 1.29 is 14.4 Å². The summed E-state index contributed by atoms with van der Waals surface area (Å²) in [5.41, 5.74) is -0.295. The number of hydrogen-bond donors (Lipinski definition) is 0. The number of hydrogen-bond acceptors (Lipinski definition) is 2. The van der Waals surface area contributed by atoms with E-state index in [1.807, 2.05) is 0 Å². The third-order valence-electron chi connectivity index (χ3n) is 4.11. The van der Waals surface area contributed by atoms with Crippen LogP contribution in [0.2, 0.25) is 0 Å². The Morgan fingerprint density at radius 3 is 3.09 bits per heavy atom. The second-order valence-corrected chi connectivity index (χ2v) is 5.39. The quantitative estimate of drug-likeness (QED) is 0.729. The van der Waals surface area contributed by atoms with Crippen molar-refractivity contribution >= 4 is 16.7 Å². The van der Waals surface area contributed by atoms with Gasteiger partial charge in [0, 0.05) is 63.6 Å². The molecule has 1 aliphatic carbocycles. The first kappa shape index (κ1) is 7.77. The molecule has 2 heterocycles. The number of nitrogens with zero attached hydrogens (tertiary/aromatic N) is 3. The fraction of sp³-hybridized carbons (Fsp3) is 0.333. The maximum atomic E-state index is 13.5. The predicted octanol–water partition coefficient (Wildman–Crippen LogP) is 3.13. The van der Waals surface area contributed by atoms with E-state index in [0.29, 0.717) is 11.2 Å². The van der Waals surface area contributed by atoms with Crippen LogP contribution in [-0.2, 0) is 19.9 Å². The highest BCUT2D eigenvalue weighted by Gasteiger charge is 2.32. The molecule has 0 amide bonds. The molecule has 2 aromatic heterocycles. The van der Waals surface area contributed by atoms with Crippen LogP contribution in [0.1, 0.15) is 37.8 Å². The number of carbonyl (C=O) groups is 1. The van der Waals surface area contributed by atoms with Crippen molar-refractivity contribution in [1.29, 1.82) is 0 Å². The Morgan fingerprint density at radius 1 is 1.45 bits per heavy atom. The van der Waals surface area contributed by atoms with Gasteiger partial charge in [-0.05, 0) is 25.7 Å². The highest BCUT2D eigenvalue weighted by molar-refractivity contribution is 6.11. The van der Waals surface area contributed by atoms with Gasteiger partial charge in [0.1, 0.15) is 5.82 Å². The summed E-state index contributed by atoms with van der Waals surface area (Å²) >= 11 is 0. The Hall–Kier alpha value is -2.36. The first-order chi connectivity index (χ1) is 13.4. The number of Topliss-reactive ketones (excluding diaryl/α,β-unsaturated/α-hetero) is 1. The molecule has 0 saturated carbocycles. The van der Waals surface area contributed by atoms with Gasteiger partial charge in [-0.1, -0.05) is 18.2 Å². The van der Waals surface area contributed by atoms with E-state index in [0.717, 1.165) is 4.57 Å². The number of para-hydroxylation sites is 1. The van der Waals surface area contributed by atoms with Crippen molar-refractivity contribution in [2.75, 3.05) is 0 Å². The van der Waals surface area contributed by atoms with E-state index >= 15 is 0 Å². The van der Waals surface area contributed by atoms with E-state index in [1.165, 1.54) is 12.3 Å². The zero-order valence-electron chi connectivity index (χ0n) is 19.0. The molecule has 3 aromatic rings. The van der Waals surface area contributed by atoms with E-state index < -0.39 is 37.1 Å². The number of rotatable bonds is 2. The number of ketones is 1. The fourth-order valence-electron chi connectivity index (χ4n) is 2.92. The zero-order chi connectivity index (χ0) is 21.4. The van der Waals surface area contributed by atoms with Crippen molar-refractivity contribution in [2.24, 2.45) is 12.9 Å². The maximum Gasteiger partial charge on any atom is 0.170 e. The van der Waals surface area contributed by atoms with Gasteiger partial charge in [0.25, 0.3) is 0 Å². The minimum absolute atomic E-state index is 0.0559. The van der Waals surface area contributed by atoms with Crippen LogP contribution in [0.25, 0.3) is 10.9 Å². The van der Waals surface area contributed by atoms with Crippen molar-refractivity contribution in [1.82, 2.24) is 14.1 Å². The van der Waals surface area contributed by atoms with Gasteiger partial charge in [0.05, 0.1) is 0 Å². The lowest BCUT2D eigenvalue weighted by atomic mass is 9.85. The molecule has 112 valence electrons. The van der Waals surface area contributed by atoms with E-state index in [1.54, 1.807) is 35.9 Å². The minimum atomic E-state index is -2.77. The van der Waals surface area contributed by atoms with Crippen molar-refractivity contribution in [3.05, 3.63) is 53.7 Å². The van der Waals surface area contributed by atoms with Crippen LogP contribution in [0.15, 0.2) is 36.7 Å². The number of aryl methyl sites for hydroxylation is 2. The Kier molecular flexibility index (Phi) is 1.71. The third kappa shape index (κ3) is 1.83. The molecular weight excluding hydrogens is 274 g/mol. The Bertz CT molecular complexity index is 1130. The van der Waals surface area contributed by atoms with Crippen molar-refractivity contribution in [3.8, 4) is 0 Å². The van der Waals surface area contributed by atoms with Gasteiger partial charge in [-0.3, -0.25) is 4.79 Å². The highest BCUT2D eigenvalue weighted by atomic mass is 16.1. The summed E-state index contributed by atoms with van der Waals surface area (Å²) in [4.78, 5) is 17.6. The molecule has 22 heavy (non-hydrogen) atoms. The van der Waals surface area contributed by atoms with E-state index in [9.17, 15) is 4.79 Å². The minimum Gasteiger partial charge on any atom is -0.347 e. The molecular formula is C18H19N3O. The predicted molar refractivity (Wildman–Crippen MR) is 86.0 cm³/mol. The number of aromatic nitrogens is 3. The summed E-state index contributed by atoms with van der Waals surface area (Å²) in [5, 5.41) is 0.315. The molecule has 0 spiro atoms. The lowest BCUT2D eigenvalue weighted by Crippen LogP contribution is -2.27. The molecule has 0 N–H and O–H groups in total. The summed E-state index contributed by atoms with van der Waals surface area (Å²) in [6.45, 7) is -1.15. The summed E-state index contributed by atoms with van der Waals surface area (Å²) in [5.74, 6) is -1.37. The normalized spacial score (nSPS) is 27.8. The number of fused-ring (bicyclic) bond motifs is 3. The van der Waals surface area contributed by atoms with Gasteiger partial charge in [-0.25, -0.2) is 4.98 Å². The molecule has 1 aromatic carbocycles. The number of benzene rings is 1. The molecule has 1 atom stereocenters. The highest BCUT2D eigenvalue weighted by Crippen LogP contribution is 2.34. The Labute approximate surface area is 139 Å². The molecule has 0 fully saturated rings. The Balaban J connectivity index is 2.04. The average Bonchev–Trinajstić information content (AvgIpc) is 3.18. The van der Waals surface area contributed by atoms with E-state index in [4.69, 9.17) is 9.60 Å². The van der Waals surface area contributed by atoms with E-state index in [2.05, 4.69) is 4.98 Å². The second-order valence-electron chi connectivity index (χ2n) is 5.39. The maximum absolute atomic E-state index is 13.5. The number of imidazole rings is 1. The lowest BCUT2D eigenvalue weighted by molar-refractivity contribution is 0.0888. The van der Waals surface area contributed by atoms with Crippen LogP contribution in [-0.4, -0.2) is 19.9 Å². The molecule has 1 unspecified atom stereocenters. The largest absolute Gasteiger partial charge is 0.347 e. The van der Waals surface area contributed by atoms with Gasteiger partial charge >= 0.3 is 0 Å².